The number of carbonyl (C=O) groups is 2. The van der Waals surface area contributed by atoms with Gasteiger partial charge in [-0.05, 0) is 24.6 Å². The van der Waals surface area contributed by atoms with E-state index in [0.29, 0.717) is 6.42 Å². The minimum Gasteiger partial charge on any atom is -0.480 e. The molecule has 2 aromatic rings. The third kappa shape index (κ3) is 4.80. The molecule has 0 aliphatic rings. The number of amides is 1. The van der Waals surface area contributed by atoms with E-state index in [1.54, 1.807) is 0 Å². The summed E-state index contributed by atoms with van der Waals surface area (Å²) in [4.78, 5) is 23.3. The van der Waals surface area contributed by atoms with E-state index in [4.69, 9.17) is 5.11 Å². The van der Waals surface area contributed by atoms with Crippen LogP contribution < -0.4 is 5.32 Å². The van der Waals surface area contributed by atoms with E-state index < -0.39 is 29.7 Å². The zero-order valence-electron chi connectivity index (χ0n) is 13.8. The molecule has 1 atom stereocenters. The van der Waals surface area contributed by atoms with Crippen molar-refractivity contribution in [2.45, 2.75) is 38.4 Å². The second-order valence-corrected chi connectivity index (χ2v) is 5.60. The number of rotatable bonds is 7. The van der Waals surface area contributed by atoms with E-state index in [-0.39, 0.29) is 17.8 Å². The maximum absolute atomic E-state index is 12.8. The van der Waals surface area contributed by atoms with Crippen LogP contribution in [0.1, 0.15) is 42.2 Å². The lowest BCUT2D eigenvalue weighted by atomic mass is 10.1. The first-order chi connectivity index (χ1) is 12.2. The van der Waals surface area contributed by atoms with Crippen LogP contribution in [0.4, 0.5) is 13.2 Å². The second-order valence-electron chi connectivity index (χ2n) is 5.60. The van der Waals surface area contributed by atoms with Gasteiger partial charge in [-0.3, -0.25) is 4.79 Å². The van der Waals surface area contributed by atoms with Crippen molar-refractivity contribution < 1.29 is 27.9 Å². The zero-order chi connectivity index (χ0) is 19.3. The van der Waals surface area contributed by atoms with Crippen LogP contribution in [0.2, 0.25) is 0 Å². The Morgan fingerprint density at radius 3 is 2.69 bits per heavy atom. The number of benzene rings is 1. The topological polar surface area (TPSA) is 97.1 Å². The molecule has 140 valence electrons. The first-order valence-corrected chi connectivity index (χ1v) is 7.86. The number of aromatic nitrogens is 3. The Morgan fingerprint density at radius 2 is 2.08 bits per heavy atom. The molecule has 1 aromatic heterocycles. The van der Waals surface area contributed by atoms with Crippen LogP contribution >= 0.6 is 0 Å². The number of nitrogens with one attached hydrogen (secondary N) is 1. The lowest BCUT2D eigenvalue weighted by Crippen LogP contribution is -2.40. The average molecular weight is 370 g/mol. The summed E-state index contributed by atoms with van der Waals surface area (Å²) in [7, 11) is 0. The van der Waals surface area contributed by atoms with E-state index in [0.717, 1.165) is 29.4 Å². The highest BCUT2D eigenvalue weighted by Crippen LogP contribution is 2.30. The number of alkyl halides is 3. The van der Waals surface area contributed by atoms with Gasteiger partial charge in [0.2, 0.25) is 0 Å². The normalized spacial score (nSPS) is 12.6. The summed E-state index contributed by atoms with van der Waals surface area (Å²) in [6.45, 7) is 1.89. The Balaban J connectivity index is 2.16. The van der Waals surface area contributed by atoms with Crippen molar-refractivity contribution in [3.8, 4) is 5.69 Å². The predicted molar refractivity (Wildman–Crippen MR) is 84.8 cm³/mol. The molecule has 1 heterocycles. The zero-order valence-corrected chi connectivity index (χ0v) is 13.8. The number of carboxylic acids is 1. The Kier molecular flexibility index (Phi) is 5.96. The van der Waals surface area contributed by atoms with Gasteiger partial charge in [-0.1, -0.05) is 31.0 Å². The largest absolute Gasteiger partial charge is 0.480 e. The first-order valence-electron chi connectivity index (χ1n) is 7.86. The van der Waals surface area contributed by atoms with Gasteiger partial charge in [0.1, 0.15) is 6.04 Å². The Bertz CT molecular complexity index is 789. The van der Waals surface area contributed by atoms with Crippen LogP contribution in [-0.4, -0.2) is 38.0 Å². The van der Waals surface area contributed by atoms with E-state index in [1.165, 1.54) is 12.1 Å². The Hall–Kier alpha value is -2.91. The van der Waals surface area contributed by atoms with Gasteiger partial charge >= 0.3 is 12.1 Å². The molecule has 1 unspecified atom stereocenters. The fourth-order valence-corrected chi connectivity index (χ4v) is 2.22. The predicted octanol–water partition coefficient (Wildman–Crippen LogP) is 2.66. The number of aliphatic carboxylic acids is 1. The van der Waals surface area contributed by atoms with Gasteiger partial charge in [-0.25, -0.2) is 9.48 Å². The van der Waals surface area contributed by atoms with Crippen LogP contribution in [0.3, 0.4) is 0 Å². The van der Waals surface area contributed by atoms with Crippen molar-refractivity contribution in [1.29, 1.82) is 0 Å². The minimum absolute atomic E-state index is 0.0761. The molecule has 0 bridgehead atoms. The number of nitrogens with zero attached hydrogens (tertiary/aromatic N) is 3. The standard InChI is InChI=1S/C16H17F3N4O3/c1-2-3-7-12(15(25)26)20-14(24)13-9-23(22-21-13)11-6-4-5-10(8-11)16(17,18)19/h4-6,8-9,12H,2-3,7H2,1H3,(H,20,24)(H,25,26). The molecule has 2 rings (SSSR count). The lowest BCUT2D eigenvalue weighted by Gasteiger charge is -2.12. The van der Waals surface area contributed by atoms with Crippen molar-refractivity contribution >= 4 is 11.9 Å². The van der Waals surface area contributed by atoms with Crippen LogP contribution in [0.25, 0.3) is 5.69 Å². The number of carboxylic acid groups (broad SMARTS) is 1. The van der Waals surface area contributed by atoms with E-state index in [9.17, 15) is 22.8 Å². The quantitative estimate of drug-likeness (QED) is 0.781. The highest BCUT2D eigenvalue weighted by atomic mass is 19.4. The Morgan fingerprint density at radius 1 is 1.35 bits per heavy atom. The van der Waals surface area contributed by atoms with Crippen molar-refractivity contribution in [1.82, 2.24) is 20.3 Å². The summed E-state index contributed by atoms with van der Waals surface area (Å²) in [5, 5.41) is 18.7. The molecule has 0 saturated carbocycles. The van der Waals surface area contributed by atoms with Crippen LogP contribution in [0.15, 0.2) is 30.5 Å². The molecule has 0 aliphatic heterocycles. The molecule has 26 heavy (non-hydrogen) atoms. The summed E-state index contributed by atoms with van der Waals surface area (Å²) in [5.41, 5.74) is -0.973. The molecule has 1 aromatic carbocycles. The molecule has 10 heteroatoms. The number of carbonyl (C=O) groups excluding carboxylic acids is 1. The molecule has 0 spiro atoms. The molecule has 0 saturated heterocycles. The van der Waals surface area contributed by atoms with Crippen molar-refractivity contribution in [2.24, 2.45) is 0 Å². The number of hydrogen-bond acceptors (Lipinski definition) is 4. The van der Waals surface area contributed by atoms with Crippen LogP contribution in [0.5, 0.6) is 0 Å². The number of halogens is 3. The van der Waals surface area contributed by atoms with Gasteiger partial charge in [0.25, 0.3) is 5.91 Å². The van der Waals surface area contributed by atoms with E-state index >= 15 is 0 Å². The SMILES string of the molecule is CCCCC(NC(=O)c1cn(-c2cccc(C(F)(F)F)c2)nn1)C(=O)O. The van der Waals surface area contributed by atoms with Gasteiger partial charge in [0, 0.05) is 0 Å². The molecule has 1 amide bonds. The summed E-state index contributed by atoms with van der Waals surface area (Å²) in [6, 6.07) is 3.32. The number of hydrogen-bond donors (Lipinski definition) is 2. The van der Waals surface area contributed by atoms with Crippen LogP contribution in [-0.2, 0) is 11.0 Å². The maximum atomic E-state index is 12.8. The smallest absolute Gasteiger partial charge is 0.416 e. The third-order valence-corrected chi connectivity index (χ3v) is 3.61. The highest BCUT2D eigenvalue weighted by molar-refractivity contribution is 5.94. The minimum atomic E-state index is -4.51. The maximum Gasteiger partial charge on any atom is 0.416 e. The Labute approximate surface area is 146 Å². The van der Waals surface area contributed by atoms with E-state index in [1.807, 2.05) is 6.92 Å². The molecule has 0 aliphatic carbocycles. The van der Waals surface area contributed by atoms with Gasteiger partial charge in [-0.2, -0.15) is 13.2 Å². The molecule has 0 fully saturated rings. The van der Waals surface area contributed by atoms with Crippen molar-refractivity contribution in [2.75, 3.05) is 0 Å². The monoisotopic (exact) mass is 370 g/mol. The van der Waals surface area contributed by atoms with Gasteiger partial charge in [0.05, 0.1) is 17.4 Å². The number of unbranched alkanes of at least 4 members (excludes halogenated alkanes) is 1. The summed E-state index contributed by atoms with van der Waals surface area (Å²) >= 11 is 0. The molecular weight excluding hydrogens is 353 g/mol. The molecule has 0 radical (unpaired) electrons. The summed E-state index contributed by atoms with van der Waals surface area (Å²) < 4.78 is 39.3. The van der Waals surface area contributed by atoms with Crippen molar-refractivity contribution in [3.05, 3.63) is 41.7 Å². The summed E-state index contributed by atoms with van der Waals surface area (Å²) in [6.07, 6.45) is -1.72. The van der Waals surface area contributed by atoms with Crippen LogP contribution in [0, 0.1) is 0 Å². The first kappa shape index (κ1) is 19.4. The van der Waals surface area contributed by atoms with E-state index in [2.05, 4.69) is 15.6 Å². The fourth-order valence-electron chi connectivity index (χ4n) is 2.22. The van der Waals surface area contributed by atoms with Gasteiger partial charge in [0.15, 0.2) is 5.69 Å². The van der Waals surface area contributed by atoms with Gasteiger partial charge < -0.3 is 10.4 Å². The third-order valence-electron chi connectivity index (χ3n) is 3.61. The van der Waals surface area contributed by atoms with Gasteiger partial charge in [-0.15, -0.1) is 5.10 Å². The van der Waals surface area contributed by atoms with Crippen molar-refractivity contribution in [3.63, 3.8) is 0 Å². The second kappa shape index (κ2) is 7.98. The average Bonchev–Trinajstić information content (AvgIpc) is 3.07. The molecular formula is C16H17F3N4O3. The fraction of sp³-hybridized carbons (Fsp3) is 0.375. The molecule has 2 N–H and O–H groups in total. The molecule has 7 nitrogen and oxygen atoms in total. The lowest BCUT2D eigenvalue weighted by molar-refractivity contribution is -0.139. The summed E-state index contributed by atoms with van der Waals surface area (Å²) in [5.74, 6) is -1.93. The highest BCUT2D eigenvalue weighted by Gasteiger charge is 2.30.